The second-order valence-corrected chi connectivity index (χ2v) is 6.18. The Morgan fingerprint density at radius 1 is 0.875 bits per heavy atom. The van der Waals surface area contributed by atoms with Crippen molar-refractivity contribution >= 4 is 11.8 Å². The summed E-state index contributed by atoms with van der Waals surface area (Å²) < 4.78 is 0. The topological polar surface area (TPSA) is 74.6 Å². The molecule has 0 aromatic carbocycles. The maximum Gasteiger partial charge on any atom is 0.303 e. The van der Waals surface area contributed by atoms with Crippen LogP contribution in [0, 0.1) is 0 Å². The van der Waals surface area contributed by atoms with Crippen LogP contribution < -0.4 is 0 Å². The quantitative estimate of drug-likeness (QED) is 0.313. The van der Waals surface area contributed by atoms with E-state index in [1.165, 1.54) is 0 Å². The summed E-state index contributed by atoms with van der Waals surface area (Å²) >= 11 is 0. The molecule has 0 aliphatic rings. The molecule has 0 heterocycles. The number of unbranched alkanes of at least 4 members (excludes halogenated alkanes) is 6. The van der Waals surface area contributed by atoms with E-state index in [9.17, 15) is 14.7 Å². The molecule has 138 valence electrons. The fraction of sp³-hybridized carbons (Fsp3) is 0.700. The van der Waals surface area contributed by atoms with Crippen LogP contribution in [-0.4, -0.2) is 28.1 Å². The number of carboxylic acids is 1. The molecule has 1 unspecified atom stereocenters. The fourth-order valence-electron chi connectivity index (χ4n) is 2.43. The third-order valence-electron chi connectivity index (χ3n) is 3.90. The van der Waals surface area contributed by atoms with Crippen LogP contribution in [0.2, 0.25) is 0 Å². The summed E-state index contributed by atoms with van der Waals surface area (Å²) in [5.41, 5.74) is 0. The van der Waals surface area contributed by atoms with Crippen LogP contribution in [0.4, 0.5) is 0 Å². The van der Waals surface area contributed by atoms with Crippen molar-refractivity contribution in [1.29, 1.82) is 0 Å². The van der Waals surface area contributed by atoms with Crippen molar-refractivity contribution in [2.24, 2.45) is 0 Å². The Labute approximate surface area is 146 Å². The molecule has 0 saturated heterocycles. The van der Waals surface area contributed by atoms with E-state index in [0.717, 1.165) is 57.8 Å². The molecule has 2 N–H and O–H groups in total. The lowest BCUT2D eigenvalue weighted by molar-refractivity contribution is -0.137. The van der Waals surface area contributed by atoms with Gasteiger partial charge in [0, 0.05) is 12.8 Å². The summed E-state index contributed by atoms with van der Waals surface area (Å²) in [4.78, 5) is 22.1. The Hall–Kier alpha value is -1.42. The van der Waals surface area contributed by atoms with Crippen LogP contribution in [-0.2, 0) is 9.59 Å². The number of Topliss-reactive ketones (excluding diaryl/α,β-unsaturated/α-hetero) is 1. The number of aliphatic hydroxyl groups excluding tert-OH is 1. The van der Waals surface area contributed by atoms with E-state index < -0.39 is 12.1 Å². The molecule has 0 fully saturated rings. The third kappa shape index (κ3) is 15.5. The van der Waals surface area contributed by atoms with Gasteiger partial charge >= 0.3 is 5.97 Å². The second kappa shape index (κ2) is 16.4. The molecule has 0 saturated carbocycles. The van der Waals surface area contributed by atoms with Gasteiger partial charge in [-0.15, -0.1) is 0 Å². The van der Waals surface area contributed by atoms with Crippen LogP contribution in [0.25, 0.3) is 0 Å². The second-order valence-electron chi connectivity index (χ2n) is 6.18. The molecule has 0 spiro atoms. The summed E-state index contributed by atoms with van der Waals surface area (Å²) in [7, 11) is 0. The van der Waals surface area contributed by atoms with Crippen LogP contribution in [0.3, 0.4) is 0 Å². The molecular weight excluding hydrogens is 304 g/mol. The molecular formula is C20H34O4. The first-order valence-corrected chi connectivity index (χ1v) is 9.30. The molecule has 0 aliphatic heterocycles. The molecule has 0 aromatic heterocycles. The van der Waals surface area contributed by atoms with Crippen molar-refractivity contribution in [3.8, 4) is 0 Å². The highest BCUT2D eigenvalue weighted by Gasteiger charge is 2.12. The number of ketones is 1. The maximum absolute atomic E-state index is 11.8. The van der Waals surface area contributed by atoms with Crippen molar-refractivity contribution in [1.82, 2.24) is 0 Å². The van der Waals surface area contributed by atoms with Crippen molar-refractivity contribution in [2.75, 3.05) is 0 Å². The van der Waals surface area contributed by atoms with Gasteiger partial charge in [-0.3, -0.25) is 9.59 Å². The number of aliphatic carboxylic acids is 1. The van der Waals surface area contributed by atoms with E-state index >= 15 is 0 Å². The number of carbonyl (C=O) groups excluding carboxylic acids is 1. The van der Waals surface area contributed by atoms with E-state index in [4.69, 9.17) is 5.11 Å². The van der Waals surface area contributed by atoms with Gasteiger partial charge < -0.3 is 10.2 Å². The number of hydrogen-bond donors (Lipinski definition) is 2. The minimum Gasteiger partial charge on any atom is -0.481 e. The Bertz CT molecular complexity index is 385. The van der Waals surface area contributed by atoms with E-state index in [0.29, 0.717) is 12.8 Å². The number of rotatable bonds is 16. The Balaban J connectivity index is 3.50. The number of hydrogen-bond acceptors (Lipinski definition) is 3. The zero-order chi connectivity index (χ0) is 18.0. The van der Waals surface area contributed by atoms with Gasteiger partial charge in [-0.1, -0.05) is 69.8 Å². The van der Waals surface area contributed by atoms with Gasteiger partial charge in [-0.2, -0.15) is 0 Å². The van der Waals surface area contributed by atoms with Gasteiger partial charge in [0.2, 0.25) is 0 Å². The summed E-state index contributed by atoms with van der Waals surface area (Å²) in [5, 5.41) is 18.4. The van der Waals surface area contributed by atoms with Crippen LogP contribution >= 0.6 is 0 Å². The Kier molecular flexibility index (Phi) is 15.5. The lowest BCUT2D eigenvalue weighted by atomic mass is 10.0. The minimum absolute atomic E-state index is 0.0978. The fourth-order valence-corrected chi connectivity index (χ4v) is 2.43. The van der Waals surface area contributed by atoms with E-state index in [1.54, 1.807) is 0 Å². The number of aliphatic hydroxyl groups is 1. The zero-order valence-corrected chi connectivity index (χ0v) is 15.1. The molecule has 0 aromatic rings. The first-order valence-electron chi connectivity index (χ1n) is 9.30. The third-order valence-corrected chi connectivity index (χ3v) is 3.90. The summed E-state index contributed by atoms with van der Waals surface area (Å²) in [6.07, 6.45) is 16.9. The van der Waals surface area contributed by atoms with Gasteiger partial charge in [-0.25, -0.2) is 0 Å². The molecule has 4 nitrogen and oxygen atoms in total. The monoisotopic (exact) mass is 338 g/mol. The van der Waals surface area contributed by atoms with Gasteiger partial charge in [-0.05, 0) is 25.7 Å². The molecule has 1 atom stereocenters. The van der Waals surface area contributed by atoms with Crippen LogP contribution in [0.15, 0.2) is 24.3 Å². The summed E-state index contributed by atoms with van der Waals surface area (Å²) in [6.45, 7) is 2.08. The van der Waals surface area contributed by atoms with E-state index in [2.05, 4.69) is 19.1 Å². The van der Waals surface area contributed by atoms with Crippen molar-refractivity contribution < 1.29 is 19.8 Å². The lowest BCUT2D eigenvalue weighted by Gasteiger charge is -2.08. The first kappa shape index (κ1) is 22.6. The van der Waals surface area contributed by atoms with Gasteiger partial charge in [0.25, 0.3) is 0 Å². The van der Waals surface area contributed by atoms with Crippen LogP contribution in [0.5, 0.6) is 0 Å². The van der Waals surface area contributed by atoms with Crippen molar-refractivity contribution in [3.63, 3.8) is 0 Å². The molecule has 0 aliphatic carbocycles. The molecule has 0 radical (unpaired) electrons. The summed E-state index contributed by atoms with van der Waals surface area (Å²) in [6, 6.07) is 0. The molecule has 0 amide bonds. The summed E-state index contributed by atoms with van der Waals surface area (Å²) in [5.74, 6) is -0.819. The molecule has 0 rings (SSSR count). The van der Waals surface area contributed by atoms with E-state index in [1.807, 2.05) is 12.2 Å². The number of carbonyl (C=O) groups is 2. The first-order chi connectivity index (χ1) is 11.6. The number of allylic oxidation sites excluding steroid dienone is 4. The smallest absolute Gasteiger partial charge is 0.303 e. The minimum atomic E-state index is -0.837. The highest BCUT2D eigenvalue weighted by Crippen LogP contribution is 2.11. The standard InChI is InChI=1S/C20H34O4/c1-2-3-4-5-9-12-15-18(21)19(22)16-13-10-7-6-8-11-14-17-20(23)24/h3-4,9,12,19,22H,2,5-8,10-11,13-17H2,1H3,(H,23,24)/b4-3-,12-9-. The zero-order valence-electron chi connectivity index (χ0n) is 15.1. The van der Waals surface area contributed by atoms with Crippen molar-refractivity contribution in [3.05, 3.63) is 24.3 Å². The van der Waals surface area contributed by atoms with E-state index in [-0.39, 0.29) is 12.2 Å². The SMILES string of the molecule is CC/C=C\C/C=C\CC(=O)C(O)CCCCCCCCCC(=O)O. The Morgan fingerprint density at radius 2 is 1.46 bits per heavy atom. The molecule has 0 bridgehead atoms. The average molecular weight is 338 g/mol. The van der Waals surface area contributed by atoms with Gasteiger partial charge in [0.15, 0.2) is 5.78 Å². The van der Waals surface area contributed by atoms with Gasteiger partial charge in [0.05, 0.1) is 0 Å². The van der Waals surface area contributed by atoms with Gasteiger partial charge in [0.1, 0.15) is 6.10 Å². The van der Waals surface area contributed by atoms with Crippen LogP contribution in [0.1, 0.15) is 84.0 Å². The predicted octanol–water partition coefficient (Wildman–Crippen LogP) is 4.81. The normalized spacial score (nSPS) is 12.9. The number of carboxylic acid groups (broad SMARTS) is 1. The lowest BCUT2D eigenvalue weighted by Crippen LogP contribution is -2.19. The average Bonchev–Trinajstić information content (AvgIpc) is 2.55. The van der Waals surface area contributed by atoms with Crippen molar-refractivity contribution in [2.45, 2.75) is 90.1 Å². The highest BCUT2D eigenvalue weighted by atomic mass is 16.4. The highest BCUT2D eigenvalue weighted by molar-refractivity contribution is 5.84. The predicted molar refractivity (Wildman–Crippen MR) is 98.0 cm³/mol. The molecule has 4 heteroatoms. The maximum atomic E-state index is 11.8. The Morgan fingerprint density at radius 3 is 2.08 bits per heavy atom. The molecule has 24 heavy (non-hydrogen) atoms. The largest absolute Gasteiger partial charge is 0.481 e.